The maximum atomic E-state index is 12.8. The van der Waals surface area contributed by atoms with Crippen LogP contribution < -0.4 is 33.2 Å². The van der Waals surface area contributed by atoms with Gasteiger partial charge in [0.25, 0.3) is 0 Å². The van der Waals surface area contributed by atoms with Gasteiger partial charge >= 0.3 is 5.97 Å². The summed E-state index contributed by atoms with van der Waals surface area (Å²) in [4.78, 5) is 60.2. The SMILES string of the molecule is CCC(C)C(N)C(=O)NC(CS)C(=O)NC(CCCCN)C(=O)NC(CCC(N)=O)C(=O)O. The number of aliphatic carboxylic acids is 1. The van der Waals surface area contributed by atoms with Crippen LogP contribution >= 0.6 is 12.6 Å². The summed E-state index contributed by atoms with van der Waals surface area (Å²) in [7, 11) is 0. The predicted octanol–water partition coefficient (Wildman–Crippen LogP) is -1.78. The van der Waals surface area contributed by atoms with Gasteiger partial charge in [-0.15, -0.1) is 0 Å². The number of hydrogen-bond acceptors (Lipinski definition) is 8. The minimum atomic E-state index is -1.35. The number of unbranched alkanes of at least 4 members (excludes halogenated alkanes) is 1. The molecule has 190 valence electrons. The highest BCUT2D eigenvalue weighted by Gasteiger charge is 2.30. The van der Waals surface area contributed by atoms with E-state index in [1.54, 1.807) is 0 Å². The lowest BCUT2D eigenvalue weighted by molar-refractivity contribution is -0.142. The fourth-order valence-corrected chi connectivity index (χ4v) is 3.08. The fraction of sp³-hybridized carbons (Fsp3) is 0.750. The Morgan fingerprint density at radius 3 is 1.94 bits per heavy atom. The number of carbonyl (C=O) groups excluding carboxylic acids is 4. The van der Waals surface area contributed by atoms with E-state index in [0.29, 0.717) is 25.8 Å². The lowest BCUT2D eigenvalue weighted by atomic mass is 9.99. The van der Waals surface area contributed by atoms with Crippen molar-refractivity contribution in [2.75, 3.05) is 12.3 Å². The Morgan fingerprint density at radius 2 is 1.45 bits per heavy atom. The van der Waals surface area contributed by atoms with Gasteiger partial charge in [0.1, 0.15) is 18.1 Å². The molecule has 0 aliphatic heterocycles. The Labute approximate surface area is 199 Å². The molecular formula is C20H38N6O6S. The van der Waals surface area contributed by atoms with Gasteiger partial charge in [0.15, 0.2) is 0 Å². The number of thiol groups is 1. The van der Waals surface area contributed by atoms with Crippen molar-refractivity contribution in [1.29, 1.82) is 0 Å². The molecule has 0 rings (SSSR count). The van der Waals surface area contributed by atoms with Crippen molar-refractivity contribution in [3.8, 4) is 0 Å². The molecule has 0 aliphatic rings. The van der Waals surface area contributed by atoms with Gasteiger partial charge in [-0.05, 0) is 38.1 Å². The smallest absolute Gasteiger partial charge is 0.326 e. The normalized spacial score (nSPS) is 15.4. The Balaban J connectivity index is 5.32. The highest BCUT2D eigenvalue weighted by atomic mass is 32.1. The molecule has 10 N–H and O–H groups in total. The van der Waals surface area contributed by atoms with Crippen molar-refractivity contribution >= 4 is 42.2 Å². The molecule has 0 bridgehead atoms. The van der Waals surface area contributed by atoms with Crippen LogP contribution in [-0.2, 0) is 24.0 Å². The third-order valence-corrected chi connectivity index (χ3v) is 5.61. The topological polar surface area (TPSA) is 220 Å². The van der Waals surface area contributed by atoms with Gasteiger partial charge in [-0.1, -0.05) is 20.3 Å². The van der Waals surface area contributed by atoms with Gasteiger partial charge in [0, 0.05) is 12.2 Å². The van der Waals surface area contributed by atoms with E-state index in [-0.39, 0.29) is 30.9 Å². The zero-order chi connectivity index (χ0) is 25.6. The summed E-state index contributed by atoms with van der Waals surface area (Å²) in [5.74, 6) is -4.10. The molecule has 13 heteroatoms. The van der Waals surface area contributed by atoms with Crippen molar-refractivity contribution in [2.45, 2.75) is 76.5 Å². The Bertz CT molecular complexity index is 679. The third kappa shape index (κ3) is 11.9. The Kier molecular flexibility index (Phi) is 15.1. The fourth-order valence-electron chi connectivity index (χ4n) is 2.82. The molecule has 12 nitrogen and oxygen atoms in total. The average Bonchev–Trinajstić information content (AvgIpc) is 2.77. The second kappa shape index (κ2) is 16.3. The molecule has 0 aliphatic carbocycles. The van der Waals surface area contributed by atoms with E-state index in [4.69, 9.17) is 17.2 Å². The molecule has 33 heavy (non-hydrogen) atoms. The molecule has 5 unspecified atom stereocenters. The molecule has 5 atom stereocenters. The van der Waals surface area contributed by atoms with Gasteiger partial charge in [-0.3, -0.25) is 19.2 Å². The molecule has 0 fully saturated rings. The lowest BCUT2D eigenvalue weighted by Crippen LogP contribution is -2.58. The molecular weight excluding hydrogens is 452 g/mol. The maximum Gasteiger partial charge on any atom is 0.326 e. The van der Waals surface area contributed by atoms with E-state index in [9.17, 15) is 29.1 Å². The van der Waals surface area contributed by atoms with Crippen molar-refractivity contribution in [2.24, 2.45) is 23.1 Å². The standard InChI is InChI=1S/C20H38N6O6S/c1-3-11(2)16(23)19(30)26-14(10-33)18(29)24-12(6-4-5-9-21)17(28)25-13(20(31)32)7-8-15(22)27/h11-14,16,33H,3-10,21,23H2,1-2H3,(H2,22,27)(H,24,29)(H,25,28)(H,26,30)(H,31,32). The van der Waals surface area contributed by atoms with Crippen LogP contribution in [0.1, 0.15) is 52.4 Å². The van der Waals surface area contributed by atoms with E-state index in [2.05, 4.69) is 28.6 Å². The average molecular weight is 491 g/mol. The molecule has 0 saturated heterocycles. The van der Waals surface area contributed by atoms with E-state index in [0.717, 1.165) is 0 Å². The van der Waals surface area contributed by atoms with Crippen LogP contribution in [0.5, 0.6) is 0 Å². The second-order valence-electron chi connectivity index (χ2n) is 7.91. The maximum absolute atomic E-state index is 12.8. The summed E-state index contributed by atoms with van der Waals surface area (Å²) in [6.07, 6.45) is 1.52. The monoisotopic (exact) mass is 490 g/mol. The lowest BCUT2D eigenvalue weighted by Gasteiger charge is -2.25. The summed E-state index contributed by atoms with van der Waals surface area (Å²) in [5, 5.41) is 16.7. The molecule has 0 aromatic carbocycles. The van der Waals surface area contributed by atoms with E-state index < -0.39 is 53.8 Å². The summed E-state index contributed by atoms with van der Waals surface area (Å²) >= 11 is 4.11. The number of carboxylic acids is 1. The molecule has 0 aromatic heterocycles. The summed E-state index contributed by atoms with van der Waals surface area (Å²) in [6.45, 7) is 4.08. The van der Waals surface area contributed by atoms with Crippen LogP contribution in [-0.4, -0.2) is 71.2 Å². The first-order chi connectivity index (χ1) is 15.5. The van der Waals surface area contributed by atoms with E-state index >= 15 is 0 Å². The predicted molar refractivity (Wildman–Crippen MR) is 126 cm³/mol. The number of nitrogens with one attached hydrogen (secondary N) is 3. The van der Waals surface area contributed by atoms with Crippen molar-refractivity contribution < 1.29 is 29.1 Å². The number of hydrogen-bond donors (Lipinski definition) is 8. The Hall–Kier alpha value is -2.38. The minimum absolute atomic E-state index is 0.0434. The quantitative estimate of drug-likeness (QED) is 0.0858. The highest BCUT2D eigenvalue weighted by molar-refractivity contribution is 7.80. The van der Waals surface area contributed by atoms with Gasteiger partial charge < -0.3 is 38.3 Å². The molecule has 4 amide bonds. The first kappa shape index (κ1) is 30.6. The number of carbonyl (C=O) groups is 5. The first-order valence-electron chi connectivity index (χ1n) is 11.0. The summed E-state index contributed by atoms with van der Waals surface area (Å²) < 4.78 is 0. The molecule has 0 spiro atoms. The van der Waals surface area contributed by atoms with Crippen LogP contribution in [0.4, 0.5) is 0 Å². The van der Waals surface area contributed by atoms with Crippen molar-refractivity contribution in [3.05, 3.63) is 0 Å². The minimum Gasteiger partial charge on any atom is -0.480 e. The van der Waals surface area contributed by atoms with Crippen LogP contribution in [0, 0.1) is 5.92 Å². The third-order valence-electron chi connectivity index (χ3n) is 5.25. The number of nitrogens with two attached hydrogens (primary N) is 3. The first-order valence-corrected chi connectivity index (χ1v) is 11.6. The summed E-state index contributed by atoms with van der Waals surface area (Å²) in [6, 6.07) is -4.30. The van der Waals surface area contributed by atoms with Gasteiger partial charge in [-0.25, -0.2) is 4.79 Å². The number of rotatable bonds is 17. The zero-order valence-electron chi connectivity index (χ0n) is 19.2. The van der Waals surface area contributed by atoms with Crippen LogP contribution in [0.2, 0.25) is 0 Å². The van der Waals surface area contributed by atoms with Crippen LogP contribution in [0.25, 0.3) is 0 Å². The molecule has 0 heterocycles. The molecule has 0 aromatic rings. The van der Waals surface area contributed by atoms with E-state index in [1.807, 2.05) is 13.8 Å². The number of primary amides is 1. The van der Waals surface area contributed by atoms with Crippen LogP contribution in [0.15, 0.2) is 0 Å². The molecule has 0 saturated carbocycles. The highest BCUT2D eigenvalue weighted by Crippen LogP contribution is 2.07. The van der Waals surface area contributed by atoms with Gasteiger partial charge in [-0.2, -0.15) is 12.6 Å². The van der Waals surface area contributed by atoms with Crippen LogP contribution in [0.3, 0.4) is 0 Å². The largest absolute Gasteiger partial charge is 0.480 e. The zero-order valence-corrected chi connectivity index (χ0v) is 20.1. The van der Waals surface area contributed by atoms with Gasteiger partial charge in [0.2, 0.25) is 23.6 Å². The summed E-state index contributed by atoms with van der Waals surface area (Å²) in [5.41, 5.74) is 16.4. The van der Waals surface area contributed by atoms with Crippen molar-refractivity contribution in [3.63, 3.8) is 0 Å². The Morgan fingerprint density at radius 1 is 0.909 bits per heavy atom. The number of amides is 4. The van der Waals surface area contributed by atoms with Crippen molar-refractivity contribution in [1.82, 2.24) is 16.0 Å². The number of carboxylic acid groups (broad SMARTS) is 1. The second-order valence-corrected chi connectivity index (χ2v) is 8.27. The van der Waals surface area contributed by atoms with E-state index in [1.165, 1.54) is 0 Å². The molecule has 0 radical (unpaired) electrons. The van der Waals surface area contributed by atoms with Gasteiger partial charge in [0.05, 0.1) is 6.04 Å².